The van der Waals surface area contributed by atoms with E-state index in [0.29, 0.717) is 41.9 Å². The summed E-state index contributed by atoms with van der Waals surface area (Å²) >= 11 is 0. The zero-order chi connectivity index (χ0) is 32.5. The quantitative estimate of drug-likeness (QED) is 0.201. The van der Waals surface area contributed by atoms with E-state index in [9.17, 15) is 22.6 Å². The van der Waals surface area contributed by atoms with Crippen molar-refractivity contribution in [2.75, 3.05) is 5.75 Å². The Hall–Kier alpha value is -0.950. The van der Waals surface area contributed by atoms with Crippen molar-refractivity contribution in [1.29, 1.82) is 0 Å². The van der Waals surface area contributed by atoms with E-state index in [0.717, 1.165) is 44.9 Å². The molecule has 0 aromatic rings. The summed E-state index contributed by atoms with van der Waals surface area (Å²) in [5.74, 6) is 2.90. The van der Waals surface area contributed by atoms with Gasteiger partial charge >= 0.3 is 5.97 Å². The molecule has 0 radical (unpaired) electrons. The fraction of sp³-hybridized carbons (Fsp3) is 0.946. The highest BCUT2D eigenvalue weighted by Crippen LogP contribution is 2.77. The van der Waals surface area contributed by atoms with Crippen molar-refractivity contribution in [3.8, 4) is 0 Å². The minimum Gasteiger partial charge on any atom is -0.462 e. The number of esters is 1. The van der Waals surface area contributed by atoms with Crippen LogP contribution in [0.3, 0.4) is 0 Å². The highest BCUT2D eigenvalue weighted by molar-refractivity contribution is 7.85. The molecule has 5 rings (SSSR count). The molecular weight excluding hydrogens is 572 g/mol. The van der Waals surface area contributed by atoms with Crippen LogP contribution in [0.1, 0.15) is 145 Å². The van der Waals surface area contributed by atoms with Gasteiger partial charge in [0.2, 0.25) is 0 Å². The predicted octanol–water partition coefficient (Wildman–Crippen LogP) is 8.67. The van der Waals surface area contributed by atoms with Crippen LogP contribution >= 0.6 is 0 Å². The van der Waals surface area contributed by atoms with E-state index < -0.39 is 10.1 Å². The van der Waals surface area contributed by atoms with Crippen LogP contribution in [-0.2, 0) is 24.4 Å². The van der Waals surface area contributed by atoms with Gasteiger partial charge in [0.1, 0.15) is 11.9 Å². The molecule has 0 aromatic carbocycles. The summed E-state index contributed by atoms with van der Waals surface area (Å²) in [6.45, 7) is 19.2. The van der Waals surface area contributed by atoms with Crippen LogP contribution in [0.4, 0.5) is 0 Å². The van der Waals surface area contributed by atoms with Crippen LogP contribution in [0.5, 0.6) is 0 Å². The Morgan fingerprint density at radius 1 is 0.841 bits per heavy atom. The maximum absolute atomic E-state index is 14.1. The Morgan fingerprint density at radius 2 is 1.55 bits per heavy atom. The number of hydrogen-bond acceptors (Lipinski definition) is 5. The van der Waals surface area contributed by atoms with Gasteiger partial charge in [0.15, 0.2) is 0 Å². The lowest BCUT2D eigenvalue weighted by Crippen LogP contribution is -2.67. The second-order valence-corrected chi connectivity index (χ2v) is 19.3. The molecule has 1 N–H and O–H groups in total. The lowest BCUT2D eigenvalue weighted by atomic mass is 9.32. The van der Waals surface area contributed by atoms with Crippen molar-refractivity contribution in [2.24, 2.45) is 62.6 Å². The van der Waals surface area contributed by atoms with Gasteiger partial charge in [0.05, 0.1) is 5.75 Å². The maximum Gasteiger partial charge on any atom is 0.306 e. The molecule has 10 atom stereocenters. The molecule has 6 nitrogen and oxygen atoms in total. The summed E-state index contributed by atoms with van der Waals surface area (Å²) in [5, 5.41) is 0. The lowest BCUT2D eigenvalue weighted by Gasteiger charge is -2.73. The first kappa shape index (κ1) is 34.4. The summed E-state index contributed by atoms with van der Waals surface area (Å²) in [6, 6.07) is 0. The number of ether oxygens (including phenoxy) is 1. The van der Waals surface area contributed by atoms with E-state index >= 15 is 0 Å². The Labute approximate surface area is 268 Å². The Kier molecular flexibility index (Phi) is 9.09. The molecule has 5 fully saturated rings. The van der Waals surface area contributed by atoms with Gasteiger partial charge < -0.3 is 4.74 Å². The fourth-order valence-corrected chi connectivity index (χ4v) is 13.7. The molecule has 0 amide bonds. The Balaban J connectivity index is 1.44. The van der Waals surface area contributed by atoms with Gasteiger partial charge in [-0.1, -0.05) is 55.4 Å². The number of rotatable bonds is 9. The van der Waals surface area contributed by atoms with Gasteiger partial charge in [-0.15, -0.1) is 0 Å². The first-order chi connectivity index (χ1) is 20.4. The van der Waals surface area contributed by atoms with Crippen LogP contribution in [0, 0.1) is 62.6 Å². The van der Waals surface area contributed by atoms with E-state index in [2.05, 4.69) is 48.5 Å². The van der Waals surface area contributed by atoms with Crippen LogP contribution in [-0.4, -0.2) is 36.6 Å². The number of Topliss-reactive ketones (excluding diaryl/α,β-unsaturated/α-hetero) is 1. The summed E-state index contributed by atoms with van der Waals surface area (Å²) in [5.41, 5.74) is 0.141. The summed E-state index contributed by atoms with van der Waals surface area (Å²) in [7, 11) is -4.06. The van der Waals surface area contributed by atoms with E-state index in [1.165, 1.54) is 25.7 Å². The van der Waals surface area contributed by atoms with E-state index in [1.54, 1.807) is 0 Å². The second kappa shape index (κ2) is 11.6. The van der Waals surface area contributed by atoms with Crippen molar-refractivity contribution >= 4 is 21.9 Å². The largest absolute Gasteiger partial charge is 0.462 e. The zero-order valence-electron chi connectivity index (χ0n) is 29.0. The van der Waals surface area contributed by atoms with Gasteiger partial charge in [-0.3, -0.25) is 14.1 Å². The third kappa shape index (κ3) is 5.24. The molecule has 7 heteroatoms. The molecule has 5 saturated carbocycles. The third-order valence-electron chi connectivity index (χ3n) is 15.4. The van der Waals surface area contributed by atoms with Gasteiger partial charge in [0.25, 0.3) is 10.1 Å². The summed E-state index contributed by atoms with van der Waals surface area (Å²) in [4.78, 5) is 26.7. The number of carbonyl (C=O) groups excluding carboxylic acids is 2. The molecule has 0 saturated heterocycles. The standard InChI is InChI=1S/C37H62O6S/c1-9-11-31(39)43-30-17-18-34(6)27(33(30,4)5)16-19-36(8)28(34)14-13-26-32-25(24(2)3)15-20-37(32,22-21-35(26,36)7)29(38)12-10-23-44(40,41)42/h24-28,30,32H,9-23H2,1-8H3,(H,40,41,42)/t25-,26?,27?,28?,30+,32?,34-,35+,36+,37+/m0/s1. The van der Waals surface area contributed by atoms with Crippen molar-refractivity contribution in [2.45, 2.75) is 151 Å². The highest BCUT2D eigenvalue weighted by Gasteiger charge is 2.71. The highest BCUT2D eigenvalue weighted by atomic mass is 32.2. The number of ketones is 1. The number of fused-ring (bicyclic) bond motifs is 7. The number of carbonyl (C=O) groups is 2. The molecule has 0 spiro atoms. The van der Waals surface area contributed by atoms with Crippen molar-refractivity contribution in [3.63, 3.8) is 0 Å². The van der Waals surface area contributed by atoms with E-state index in [-0.39, 0.29) is 63.5 Å². The van der Waals surface area contributed by atoms with Crippen LogP contribution in [0.25, 0.3) is 0 Å². The molecule has 4 unspecified atom stereocenters. The normalized spacial score (nSPS) is 44.7. The molecule has 5 aliphatic carbocycles. The van der Waals surface area contributed by atoms with Crippen LogP contribution < -0.4 is 0 Å². The molecule has 5 aliphatic rings. The molecular formula is C37H62O6S. The van der Waals surface area contributed by atoms with E-state index in [1.807, 2.05) is 6.92 Å². The number of hydrogen-bond donors (Lipinski definition) is 1. The maximum atomic E-state index is 14.1. The lowest BCUT2D eigenvalue weighted by molar-refractivity contribution is -0.250. The monoisotopic (exact) mass is 634 g/mol. The first-order valence-electron chi connectivity index (χ1n) is 18.1. The predicted molar refractivity (Wildman–Crippen MR) is 174 cm³/mol. The fourth-order valence-electron chi connectivity index (χ4n) is 13.1. The average molecular weight is 635 g/mol. The van der Waals surface area contributed by atoms with Crippen molar-refractivity contribution in [1.82, 2.24) is 0 Å². The Morgan fingerprint density at radius 3 is 2.18 bits per heavy atom. The minimum atomic E-state index is -4.06. The smallest absolute Gasteiger partial charge is 0.306 e. The minimum absolute atomic E-state index is 0.0108. The van der Waals surface area contributed by atoms with Gasteiger partial charge in [-0.2, -0.15) is 8.42 Å². The van der Waals surface area contributed by atoms with Crippen LogP contribution in [0.15, 0.2) is 0 Å². The average Bonchev–Trinajstić information content (AvgIpc) is 3.31. The Bertz CT molecular complexity index is 1220. The molecule has 0 bridgehead atoms. The van der Waals surface area contributed by atoms with Gasteiger partial charge in [-0.25, -0.2) is 0 Å². The molecule has 0 aromatic heterocycles. The summed E-state index contributed by atoms with van der Waals surface area (Å²) < 4.78 is 38.3. The third-order valence-corrected chi connectivity index (χ3v) is 16.2. The van der Waals surface area contributed by atoms with Crippen molar-refractivity contribution in [3.05, 3.63) is 0 Å². The van der Waals surface area contributed by atoms with E-state index in [4.69, 9.17) is 4.74 Å². The molecule has 252 valence electrons. The SMILES string of the molecule is CCCC(=O)O[C@@H]1CC[C@@]2(C)C(CC[C@]3(C)C2CCC2C4[C@H](C(C)C)CC[C@]4(C(=O)CCCS(=O)(=O)O)CC[C@]23C)C1(C)C. The topological polar surface area (TPSA) is 97.7 Å². The summed E-state index contributed by atoms with van der Waals surface area (Å²) in [6.07, 6.45) is 12.6. The van der Waals surface area contributed by atoms with Crippen molar-refractivity contribution < 1.29 is 27.3 Å². The zero-order valence-corrected chi connectivity index (χ0v) is 29.9. The first-order valence-corrected chi connectivity index (χ1v) is 19.7. The molecule has 0 heterocycles. The van der Waals surface area contributed by atoms with Gasteiger partial charge in [-0.05, 0) is 129 Å². The molecule has 44 heavy (non-hydrogen) atoms. The van der Waals surface area contributed by atoms with Gasteiger partial charge in [0, 0.05) is 23.7 Å². The second-order valence-electron chi connectivity index (χ2n) is 17.7. The van der Waals surface area contributed by atoms with Crippen LogP contribution in [0.2, 0.25) is 0 Å². The molecule has 0 aliphatic heterocycles.